The molecule has 0 fully saturated rings. The Labute approximate surface area is 184 Å². The number of anilines is 2. The standard InChI is InChI=1S/C25H21ClN2O3/c1-15(16-6-3-2-4-7-16)27-21(17-10-12-19(26)13-11-17)18-8-5-9-20(14-18)28-22-23(29)25(31)24(22)30/h2-15,21,27-29H,1H3/t15-,21?/m1/s1. The molecule has 0 aliphatic carbocycles. The summed E-state index contributed by atoms with van der Waals surface area (Å²) in [6.45, 7) is 2.10. The fourth-order valence-corrected chi connectivity index (χ4v) is 3.69. The van der Waals surface area contributed by atoms with Crippen LogP contribution >= 0.6 is 11.6 Å². The highest BCUT2D eigenvalue weighted by Gasteiger charge is 2.21. The minimum absolute atomic E-state index is 0.0658. The zero-order valence-electron chi connectivity index (χ0n) is 16.8. The molecule has 4 aromatic rings. The second kappa shape index (κ2) is 8.76. The molecule has 6 heteroatoms. The number of hydrogen-bond acceptors (Lipinski definition) is 5. The van der Waals surface area contributed by atoms with E-state index in [1.807, 2.05) is 60.7 Å². The first-order valence-corrected chi connectivity index (χ1v) is 10.3. The van der Waals surface area contributed by atoms with Crippen LogP contribution in [0.25, 0.3) is 0 Å². The fraction of sp³-hybridized carbons (Fsp3) is 0.120. The average Bonchev–Trinajstić information content (AvgIpc) is 2.81. The molecular weight excluding hydrogens is 412 g/mol. The highest BCUT2D eigenvalue weighted by molar-refractivity contribution is 6.30. The summed E-state index contributed by atoms with van der Waals surface area (Å²) in [6.07, 6.45) is 0. The summed E-state index contributed by atoms with van der Waals surface area (Å²) in [4.78, 5) is 23.0. The van der Waals surface area contributed by atoms with E-state index in [9.17, 15) is 14.7 Å². The first-order chi connectivity index (χ1) is 14.9. The molecule has 0 bridgehead atoms. The number of halogens is 1. The Bertz CT molecular complexity index is 1260. The lowest BCUT2D eigenvalue weighted by Gasteiger charge is -2.25. The summed E-state index contributed by atoms with van der Waals surface area (Å²) in [6, 6.07) is 25.2. The topological polar surface area (TPSA) is 78.4 Å². The molecule has 0 saturated carbocycles. The monoisotopic (exact) mass is 432 g/mol. The van der Waals surface area contributed by atoms with Gasteiger partial charge in [0.1, 0.15) is 5.69 Å². The van der Waals surface area contributed by atoms with E-state index in [2.05, 4.69) is 29.7 Å². The van der Waals surface area contributed by atoms with Crippen molar-refractivity contribution in [2.75, 3.05) is 5.32 Å². The number of nitrogens with one attached hydrogen (secondary N) is 2. The van der Waals surface area contributed by atoms with E-state index in [4.69, 9.17) is 11.6 Å². The number of rotatable bonds is 7. The van der Waals surface area contributed by atoms with Crippen LogP contribution in [-0.4, -0.2) is 5.11 Å². The predicted octanol–water partition coefficient (Wildman–Crippen LogP) is 4.83. The number of hydrogen-bond donors (Lipinski definition) is 3. The highest BCUT2D eigenvalue weighted by Crippen LogP contribution is 2.30. The molecule has 0 spiro atoms. The van der Waals surface area contributed by atoms with Gasteiger partial charge in [0, 0.05) is 16.8 Å². The van der Waals surface area contributed by atoms with Gasteiger partial charge < -0.3 is 10.4 Å². The summed E-state index contributed by atoms with van der Waals surface area (Å²) < 4.78 is 0. The molecule has 0 aromatic heterocycles. The van der Waals surface area contributed by atoms with Crippen molar-refractivity contribution < 1.29 is 5.11 Å². The van der Waals surface area contributed by atoms with E-state index in [0.29, 0.717) is 10.7 Å². The van der Waals surface area contributed by atoms with Crippen LogP contribution in [0.4, 0.5) is 11.4 Å². The Kier molecular flexibility index (Phi) is 5.89. The Morgan fingerprint density at radius 3 is 2.16 bits per heavy atom. The molecule has 4 rings (SSSR count). The van der Waals surface area contributed by atoms with Crippen LogP contribution in [0, 0.1) is 0 Å². The number of benzene rings is 3. The van der Waals surface area contributed by atoms with Gasteiger partial charge in [-0.25, -0.2) is 0 Å². The zero-order chi connectivity index (χ0) is 22.0. The van der Waals surface area contributed by atoms with Crippen molar-refractivity contribution in [3.05, 3.63) is 121 Å². The Morgan fingerprint density at radius 1 is 0.806 bits per heavy atom. The van der Waals surface area contributed by atoms with Gasteiger partial charge in [-0.3, -0.25) is 14.9 Å². The predicted molar refractivity (Wildman–Crippen MR) is 124 cm³/mol. The van der Waals surface area contributed by atoms with Gasteiger partial charge in [0.2, 0.25) is 0 Å². The molecule has 0 saturated heterocycles. The van der Waals surface area contributed by atoms with Crippen LogP contribution < -0.4 is 21.5 Å². The van der Waals surface area contributed by atoms with E-state index in [0.717, 1.165) is 16.7 Å². The van der Waals surface area contributed by atoms with Gasteiger partial charge in [0.05, 0.1) is 6.04 Å². The van der Waals surface area contributed by atoms with E-state index in [1.54, 1.807) is 6.07 Å². The molecule has 31 heavy (non-hydrogen) atoms. The van der Waals surface area contributed by atoms with Crippen molar-refractivity contribution in [1.82, 2.24) is 5.32 Å². The third-order valence-electron chi connectivity index (χ3n) is 5.29. The van der Waals surface area contributed by atoms with Gasteiger partial charge in [-0.1, -0.05) is 66.2 Å². The SMILES string of the molecule is C[C@@H](NC(c1ccc(Cl)cc1)c1cccc(Nc2c(O)c(=O)c2=O)c1)c1ccccc1. The minimum atomic E-state index is -0.865. The normalized spacial score (nSPS) is 13.1. The van der Waals surface area contributed by atoms with Crippen LogP contribution in [-0.2, 0) is 0 Å². The van der Waals surface area contributed by atoms with Crippen LogP contribution in [0.3, 0.4) is 0 Å². The van der Waals surface area contributed by atoms with E-state index in [-0.39, 0.29) is 17.8 Å². The molecule has 0 aliphatic heterocycles. The molecule has 0 heterocycles. The average molecular weight is 433 g/mol. The third kappa shape index (κ3) is 4.38. The van der Waals surface area contributed by atoms with Crippen LogP contribution in [0.2, 0.25) is 5.02 Å². The highest BCUT2D eigenvalue weighted by atomic mass is 35.5. The molecule has 156 valence electrons. The van der Waals surface area contributed by atoms with Crippen LogP contribution in [0.1, 0.15) is 35.7 Å². The smallest absolute Gasteiger partial charge is 0.271 e. The largest absolute Gasteiger partial charge is 0.502 e. The van der Waals surface area contributed by atoms with Crippen molar-refractivity contribution in [3.8, 4) is 5.75 Å². The molecule has 0 amide bonds. The lowest BCUT2D eigenvalue weighted by atomic mass is 9.96. The lowest BCUT2D eigenvalue weighted by molar-refractivity contribution is 0.466. The van der Waals surface area contributed by atoms with Crippen molar-refractivity contribution >= 4 is 23.0 Å². The quantitative estimate of drug-likeness (QED) is 0.365. The second-order valence-corrected chi connectivity index (χ2v) is 7.85. The van der Waals surface area contributed by atoms with Gasteiger partial charge in [0.25, 0.3) is 10.9 Å². The van der Waals surface area contributed by atoms with E-state index < -0.39 is 16.6 Å². The van der Waals surface area contributed by atoms with Crippen LogP contribution in [0.5, 0.6) is 5.75 Å². The molecule has 1 unspecified atom stereocenters. The first kappa shape index (κ1) is 20.8. The van der Waals surface area contributed by atoms with Gasteiger partial charge in [-0.05, 0) is 47.9 Å². The van der Waals surface area contributed by atoms with Crippen LogP contribution in [0.15, 0.2) is 88.5 Å². The Balaban J connectivity index is 1.67. The molecule has 5 nitrogen and oxygen atoms in total. The first-order valence-electron chi connectivity index (χ1n) is 9.89. The third-order valence-corrected chi connectivity index (χ3v) is 5.55. The summed E-state index contributed by atoms with van der Waals surface area (Å²) >= 11 is 6.09. The maximum absolute atomic E-state index is 11.7. The molecule has 0 radical (unpaired) electrons. The van der Waals surface area contributed by atoms with E-state index in [1.165, 1.54) is 0 Å². The number of aromatic hydroxyl groups is 1. The Hall–Kier alpha value is -3.41. The maximum atomic E-state index is 11.7. The maximum Gasteiger partial charge on any atom is 0.271 e. The van der Waals surface area contributed by atoms with Crippen molar-refractivity contribution in [1.29, 1.82) is 0 Å². The molecular formula is C25H21ClN2O3. The van der Waals surface area contributed by atoms with Crippen molar-refractivity contribution in [3.63, 3.8) is 0 Å². The van der Waals surface area contributed by atoms with Gasteiger partial charge in [-0.2, -0.15) is 0 Å². The minimum Gasteiger partial charge on any atom is -0.502 e. The summed E-state index contributed by atoms with van der Waals surface area (Å²) in [5, 5.41) is 16.8. The van der Waals surface area contributed by atoms with Gasteiger partial charge in [-0.15, -0.1) is 0 Å². The summed E-state index contributed by atoms with van der Waals surface area (Å²) in [7, 11) is 0. The van der Waals surface area contributed by atoms with Gasteiger partial charge in [0.15, 0.2) is 5.75 Å². The molecule has 2 atom stereocenters. The Morgan fingerprint density at radius 2 is 1.48 bits per heavy atom. The summed E-state index contributed by atoms with van der Waals surface area (Å²) in [5.41, 5.74) is 2.09. The zero-order valence-corrected chi connectivity index (χ0v) is 17.6. The van der Waals surface area contributed by atoms with E-state index >= 15 is 0 Å². The molecule has 3 N–H and O–H groups in total. The van der Waals surface area contributed by atoms with Crippen molar-refractivity contribution in [2.45, 2.75) is 19.0 Å². The fourth-order valence-electron chi connectivity index (χ4n) is 3.56. The summed E-state index contributed by atoms with van der Waals surface area (Å²) in [5.74, 6) is -0.527. The second-order valence-electron chi connectivity index (χ2n) is 7.42. The lowest BCUT2D eigenvalue weighted by Crippen LogP contribution is -2.32. The van der Waals surface area contributed by atoms with Crippen molar-refractivity contribution in [2.24, 2.45) is 0 Å². The molecule has 4 aromatic carbocycles. The van der Waals surface area contributed by atoms with Gasteiger partial charge >= 0.3 is 0 Å². The molecule has 0 aliphatic rings.